The fraction of sp³-hybridized carbons (Fsp3) is 0.939. The Labute approximate surface area is 231 Å². The molecule has 0 rings (SSSR count). The van der Waals surface area contributed by atoms with Crippen LogP contribution >= 0.6 is 0 Å². The lowest BCUT2D eigenvalue weighted by atomic mass is 10.0. The van der Waals surface area contributed by atoms with E-state index in [1.165, 1.54) is 103 Å². The normalized spacial score (nSPS) is 12.1. The van der Waals surface area contributed by atoms with Crippen molar-refractivity contribution in [2.75, 3.05) is 0 Å². The topological polar surface area (TPSA) is 63.6 Å². The second-order valence-corrected chi connectivity index (χ2v) is 11.4. The molecule has 220 valence electrons. The van der Waals surface area contributed by atoms with Crippen LogP contribution in [0.25, 0.3) is 0 Å². The first kappa shape index (κ1) is 36.1. The number of esters is 2. The number of carbonyl (C=O) groups is 2. The van der Waals surface area contributed by atoms with Gasteiger partial charge in [-0.15, -0.1) is 0 Å². The Morgan fingerprint density at radius 3 is 1.05 bits per heavy atom. The zero-order chi connectivity index (χ0) is 27.2. The minimum absolute atomic E-state index is 0.151. The first-order valence-corrected chi connectivity index (χ1v) is 16.5. The monoisotopic (exact) mass is 524 g/mol. The molecule has 0 amide bonds. The summed E-state index contributed by atoms with van der Waals surface area (Å²) in [5, 5.41) is 10.1. The van der Waals surface area contributed by atoms with Gasteiger partial charge in [-0.05, 0) is 25.7 Å². The molecule has 0 aliphatic carbocycles. The summed E-state index contributed by atoms with van der Waals surface area (Å²) >= 11 is 0. The van der Waals surface area contributed by atoms with E-state index in [-0.39, 0.29) is 18.0 Å². The van der Waals surface area contributed by atoms with E-state index >= 15 is 0 Å². The maximum Gasteiger partial charge on any atom is 0.313 e. The number of carbonyl (C=O) groups excluding carboxylic acids is 2. The zero-order valence-electron chi connectivity index (χ0n) is 25.0. The summed E-state index contributed by atoms with van der Waals surface area (Å²) in [7, 11) is 0. The SMILES string of the molecule is CCCCCCCCCCCCCCCC(=O)OC(=O)CCCCCCCC(O)CCCCCCCC. The van der Waals surface area contributed by atoms with Gasteiger partial charge in [-0.2, -0.15) is 0 Å². The van der Waals surface area contributed by atoms with Crippen LogP contribution in [0.1, 0.15) is 194 Å². The summed E-state index contributed by atoms with van der Waals surface area (Å²) in [6.45, 7) is 4.50. The molecule has 1 N–H and O–H groups in total. The Morgan fingerprint density at radius 1 is 0.459 bits per heavy atom. The lowest BCUT2D eigenvalue weighted by Crippen LogP contribution is -2.11. The molecule has 0 aromatic rings. The predicted molar refractivity (Wildman–Crippen MR) is 158 cm³/mol. The highest BCUT2D eigenvalue weighted by molar-refractivity contribution is 5.85. The van der Waals surface area contributed by atoms with E-state index < -0.39 is 0 Å². The highest BCUT2D eigenvalue weighted by atomic mass is 16.6. The minimum Gasteiger partial charge on any atom is -0.393 e. The van der Waals surface area contributed by atoms with Crippen LogP contribution in [-0.4, -0.2) is 23.1 Å². The Bertz CT molecular complexity index is 491. The average molecular weight is 525 g/mol. The van der Waals surface area contributed by atoms with E-state index in [0.717, 1.165) is 64.2 Å². The van der Waals surface area contributed by atoms with E-state index in [2.05, 4.69) is 13.8 Å². The van der Waals surface area contributed by atoms with Crippen LogP contribution in [0.2, 0.25) is 0 Å². The van der Waals surface area contributed by atoms with Gasteiger partial charge in [0.05, 0.1) is 6.10 Å². The van der Waals surface area contributed by atoms with Gasteiger partial charge < -0.3 is 9.84 Å². The fourth-order valence-corrected chi connectivity index (χ4v) is 5.00. The van der Waals surface area contributed by atoms with E-state index in [1.54, 1.807) is 0 Å². The average Bonchev–Trinajstić information content (AvgIpc) is 2.88. The van der Waals surface area contributed by atoms with Gasteiger partial charge in [-0.25, -0.2) is 0 Å². The Hall–Kier alpha value is -0.900. The van der Waals surface area contributed by atoms with Crippen LogP contribution in [0.3, 0.4) is 0 Å². The Kier molecular flexibility index (Phi) is 28.9. The quantitative estimate of drug-likeness (QED) is 0.0600. The number of aliphatic hydroxyl groups is 1. The highest BCUT2D eigenvalue weighted by Crippen LogP contribution is 2.15. The van der Waals surface area contributed by atoms with Gasteiger partial charge in [-0.1, -0.05) is 155 Å². The number of ether oxygens (including phenoxy) is 1. The fourth-order valence-electron chi connectivity index (χ4n) is 5.00. The van der Waals surface area contributed by atoms with Gasteiger partial charge >= 0.3 is 11.9 Å². The molecular formula is C33H64O4. The van der Waals surface area contributed by atoms with E-state index in [0.29, 0.717) is 12.8 Å². The van der Waals surface area contributed by atoms with Crippen molar-refractivity contribution in [3.05, 3.63) is 0 Å². The molecule has 0 aromatic carbocycles. The van der Waals surface area contributed by atoms with E-state index in [4.69, 9.17) is 4.74 Å². The van der Waals surface area contributed by atoms with Crippen molar-refractivity contribution < 1.29 is 19.4 Å². The molecule has 4 heteroatoms. The summed E-state index contributed by atoms with van der Waals surface area (Å²) in [6.07, 6.45) is 31.6. The van der Waals surface area contributed by atoms with Gasteiger partial charge in [0.15, 0.2) is 0 Å². The van der Waals surface area contributed by atoms with Crippen molar-refractivity contribution in [3.63, 3.8) is 0 Å². The van der Waals surface area contributed by atoms with Crippen molar-refractivity contribution in [2.45, 2.75) is 200 Å². The molecule has 0 aliphatic rings. The molecule has 0 aromatic heterocycles. The van der Waals surface area contributed by atoms with Gasteiger partial charge in [0.1, 0.15) is 0 Å². The summed E-state index contributed by atoms with van der Waals surface area (Å²) in [5.41, 5.74) is 0. The van der Waals surface area contributed by atoms with Crippen molar-refractivity contribution in [1.82, 2.24) is 0 Å². The molecule has 1 atom stereocenters. The molecule has 0 bridgehead atoms. The van der Waals surface area contributed by atoms with Crippen molar-refractivity contribution >= 4 is 11.9 Å². The largest absolute Gasteiger partial charge is 0.393 e. The first-order valence-electron chi connectivity index (χ1n) is 16.5. The molecule has 0 saturated heterocycles. The van der Waals surface area contributed by atoms with Crippen molar-refractivity contribution in [1.29, 1.82) is 0 Å². The third kappa shape index (κ3) is 29.5. The molecule has 0 spiro atoms. The van der Waals surface area contributed by atoms with Crippen molar-refractivity contribution in [2.24, 2.45) is 0 Å². The van der Waals surface area contributed by atoms with Gasteiger partial charge in [0.25, 0.3) is 0 Å². The molecule has 0 radical (unpaired) electrons. The lowest BCUT2D eigenvalue weighted by molar-refractivity contribution is -0.159. The maximum atomic E-state index is 11.9. The highest BCUT2D eigenvalue weighted by Gasteiger charge is 2.10. The number of unbranched alkanes of at least 4 members (excludes halogenated alkanes) is 21. The molecule has 1 unspecified atom stereocenters. The smallest absolute Gasteiger partial charge is 0.313 e. The van der Waals surface area contributed by atoms with Gasteiger partial charge in [0, 0.05) is 12.8 Å². The Balaban J connectivity index is 3.37. The Morgan fingerprint density at radius 2 is 0.730 bits per heavy atom. The summed E-state index contributed by atoms with van der Waals surface area (Å²) in [5.74, 6) is -0.721. The molecule has 4 nitrogen and oxygen atoms in total. The molecular weight excluding hydrogens is 460 g/mol. The van der Waals surface area contributed by atoms with E-state index in [9.17, 15) is 14.7 Å². The zero-order valence-corrected chi connectivity index (χ0v) is 25.0. The van der Waals surface area contributed by atoms with Crippen LogP contribution in [0.4, 0.5) is 0 Å². The van der Waals surface area contributed by atoms with Crippen LogP contribution < -0.4 is 0 Å². The summed E-state index contributed by atoms with van der Waals surface area (Å²) in [4.78, 5) is 23.7. The van der Waals surface area contributed by atoms with Crippen LogP contribution in [0.5, 0.6) is 0 Å². The van der Waals surface area contributed by atoms with E-state index in [1.807, 2.05) is 0 Å². The molecule has 37 heavy (non-hydrogen) atoms. The third-order valence-electron chi connectivity index (χ3n) is 7.52. The number of hydrogen-bond acceptors (Lipinski definition) is 4. The molecule has 0 fully saturated rings. The molecule has 0 heterocycles. The maximum absolute atomic E-state index is 11.9. The number of aliphatic hydroxyl groups excluding tert-OH is 1. The number of hydrogen-bond donors (Lipinski definition) is 1. The van der Waals surface area contributed by atoms with Crippen LogP contribution in [0, 0.1) is 0 Å². The standard InChI is InChI=1S/C33H64O4/c1-3-5-7-9-11-12-13-14-15-16-17-21-25-29-32(35)37-33(36)30-26-22-18-20-24-28-31(34)27-23-19-10-8-6-4-2/h31,34H,3-30H2,1-2H3. The molecule has 0 aliphatic heterocycles. The van der Waals surface area contributed by atoms with Crippen LogP contribution in [0.15, 0.2) is 0 Å². The second kappa shape index (κ2) is 29.7. The number of rotatable bonds is 29. The summed E-state index contributed by atoms with van der Waals surface area (Å²) in [6, 6.07) is 0. The van der Waals surface area contributed by atoms with Gasteiger partial charge in [-0.3, -0.25) is 9.59 Å². The summed E-state index contributed by atoms with van der Waals surface area (Å²) < 4.78 is 4.97. The van der Waals surface area contributed by atoms with Crippen molar-refractivity contribution in [3.8, 4) is 0 Å². The van der Waals surface area contributed by atoms with Gasteiger partial charge in [0.2, 0.25) is 0 Å². The third-order valence-corrected chi connectivity index (χ3v) is 7.52. The van der Waals surface area contributed by atoms with Crippen LogP contribution in [-0.2, 0) is 14.3 Å². The second-order valence-electron chi connectivity index (χ2n) is 11.4. The predicted octanol–water partition coefficient (Wildman–Crippen LogP) is 10.4. The lowest BCUT2D eigenvalue weighted by Gasteiger charge is -2.10. The minimum atomic E-state index is -0.367. The first-order chi connectivity index (χ1) is 18.1. The molecule has 0 saturated carbocycles.